The number of hydrogen-bond acceptors (Lipinski definition) is 6. The Balaban J connectivity index is 1.67. The molecule has 2 aromatic rings. The third-order valence-corrected chi connectivity index (χ3v) is 7.19. The van der Waals surface area contributed by atoms with Crippen molar-refractivity contribution in [2.24, 2.45) is 0 Å². The van der Waals surface area contributed by atoms with Crippen molar-refractivity contribution in [1.82, 2.24) is 19.5 Å². The number of benzene rings is 1. The van der Waals surface area contributed by atoms with Gasteiger partial charge in [-0.05, 0) is 61.0 Å². The summed E-state index contributed by atoms with van der Waals surface area (Å²) in [4.78, 5) is 18.6. The maximum Gasteiger partial charge on any atom is 0.257 e. The molecule has 2 heterocycles. The van der Waals surface area contributed by atoms with Gasteiger partial charge in [0.05, 0.1) is 17.4 Å². The quantitative estimate of drug-likeness (QED) is 0.636. The van der Waals surface area contributed by atoms with E-state index in [4.69, 9.17) is 17.5 Å². The number of nitrogens with one attached hydrogen (secondary N) is 1. The van der Waals surface area contributed by atoms with Crippen LogP contribution in [0.5, 0.6) is 0 Å². The van der Waals surface area contributed by atoms with Crippen LogP contribution in [0.4, 0.5) is 0 Å². The largest absolute Gasteiger partial charge is 0.344 e. The topological polar surface area (TPSA) is 106 Å². The molecule has 1 aliphatic rings. The van der Waals surface area contributed by atoms with Crippen LogP contribution in [0.15, 0.2) is 53.7 Å². The molecular weight excluding hydrogens is 434 g/mol. The molecule has 162 valence electrons. The summed E-state index contributed by atoms with van der Waals surface area (Å²) in [5, 5.41) is 11.8. The predicted molar refractivity (Wildman–Crippen MR) is 119 cm³/mol. The van der Waals surface area contributed by atoms with Crippen molar-refractivity contribution < 1.29 is 13.2 Å². The molecule has 1 saturated heterocycles. The average Bonchev–Trinajstić information content (AvgIpc) is 3.33. The maximum atomic E-state index is 12.6. The minimum Gasteiger partial charge on any atom is -0.344 e. The lowest BCUT2D eigenvalue weighted by Gasteiger charge is -2.24. The van der Waals surface area contributed by atoms with Crippen molar-refractivity contribution in [1.29, 1.82) is 5.26 Å². The van der Waals surface area contributed by atoms with Crippen molar-refractivity contribution in [3.05, 3.63) is 59.9 Å². The number of thiocarbonyl (C=S) groups is 1. The highest BCUT2D eigenvalue weighted by Crippen LogP contribution is 2.21. The first kappa shape index (κ1) is 22.8. The second kappa shape index (κ2) is 10.4. The number of carbonyl (C=O) groups excluding carboxylic acids is 1. The molecule has 0 atom stereocenters. The monoisotopic (exact) mass is 457 g/mol. The Hall–Kier alpha value is -2.87. The lowest BCUT2D eigenvalue weighted by Crippen LogP contribution is -2.42. The number of amides is 1. The molecule has 0 spiro atoms. The van der Waals surface area contributed by atoms with E-state index < -0.39 is 15.9 Å². The van der Waals surface area contributed by atoms with Crippen LogP contribution in [0.3, 0.4) is 0 Å². The summed E-state index contributed by atoms with van der Waals surface area (Å²) in [7, 11) is -3.53. The van der Waals surface area contributed by atoms with Crippen LogP contribution in [0.25, 0.3) is 0 Å². The second-order valence-corrected chi connectivity index (χ2v) is 9.41. The highest BCUT2D eigenvalue weighted by molar-refractivity contribution is 7.89. The minimum absolute atomic E-state index is 0.167. The van der Waals surface area contributed by atoms with Gasteiger partial charge in [0, 0.05) is 44.1 Å². The summed E-state index contributed by atoms with van der Waals surface area (Å²) >= 11 is 5.38. The zero-order chi connectivity index (χ0) is 22.3. The molecule has 0 saturated carbocycles. The van der Waals surface area contributed by atoms with Crippen LogP contribution >= 0.6 is 12.2 Å². The molecule has 0 radical (unpaired) electrons. The van der Waals surface area contributed by atoms with Crippen molar-refractivity contribution in [2.75, 3.05) is 19.6 Å². The van der Waals surface area contributed by atoms with Gasteiger partial charge < -0.3 is 4.90 Å². The molecule has 1 aliphatic heterocycles. The van der Waals surface area contributed by atoms with E-state index in [0.717, 1.165) is 18.4 Å². The van der Waals surface area contributed by atoms with E-state index in [9.17, 15) is 13.2 Å². The summed E-state index contributed by atoms with van der Waals surface area (Å²) in [5.74, 6) is -0.441. The number of pyridine rings is 1. The van der Waals surface area contributed by atoms with E-state index in [1.807, 2.05) is 6.07 Å². The van der Waals surface area contributed by atoms with Gasteiger partial charge in [0.25, 0.3) is 5.91 Å². The fraction of sp³-hybridized carbons (Fsp3) is 0.333. The SMILES string of the molecule is N#CCCN(Cc1cccnc1)C(=S)NC(=O)c1ccc(S(=O)(=O)N2CCCC2)cc1. The van der Waals surface area contributed by atoms with Gasteiger partial charge in [-0.2, -0.15) is 9.57 Å². The Kier molecular flexibility index (Phi) is 7.68. The molecular formula is C21H23N5O3S2. The zero-order valence-electron chi connectivity index (χ0n) is 16.9. The fourth-order valence-corrected chi connectivity index (χ4v) is 5.02. The van der Waals surface area contributed by atoms with Gasteiger partial charge in [0.1, 0.15) is 0 Å². The highest BCUT2D eigenvalue weighted by Gasteiger charge is 2.27. The van der Waals surface area contributed by atoms with Crippen LogP contribution in [-0.4, -0.2) is 53.3 Å². The minimum atomic E-state index is -3.53. The molecule has 1 amide bonds. The van der Waals surface area contributed by atoms with Gasteiger partial charge in [-0.15, -0.1) is 0 Å². The van der Waals surface area contributed by atoms with Gasteiger partial charge >= 0.3 is 0 Å². The van der Waals surface area contributed by atoms with Crippen molar-refractivity contribution in [3.8, 4) is 6.07 Å². The number of nitriles is 1. The van der Waals surface area contributed by atoms with Crippen molar-refractivity contribution in [3.63, 3.8) is 0 Å². The van der Waals surface area contributed by atoms with E-state index in [1.165, 1.54) is 28.6 Å². The van der Waals surface area contributed by atoms with Crippen LogP contribution in [0, 0.1) is 11.3 Å². The fourth-order valence-electron chi connectivity index (χ4n) is 3.25. The molecule has 3 rings (SSSR count). The lowest BCUT2D eigenvalue weighted by atomic mass is 10.2. The molecule has 8 nitrogen and oxygen atoms in total. The second-order valence-electron chi connectivity index (χ2n) is 7.09. The summed E-state index contributed by atoms with van der Waals surface area (Å²) in [6, 6.07) is 11.6. The molecule has 1 fully saturated rings. The Labute approximate surface area is 187 Å². The molecule has 0 aliphatic carbocycles. The summed E-state index contributed by atoms with van der Waals surface area (Å²) in [5.41, 5.74) is 1.19. The van der Waals surface area contributed by atoms with Crippen molar-refractivity contribution in [2.45, 2.75) is 30.7 Å². The van der Waals surface area contributed by atoms with Gasteiger partial charge in [0.15, 0.2) is 5.11 Å². The number of rotatable bonds is 7. The number of aromatic nitrogens is 1. The third kappa shape index (κ3) is 5.85. The Morgan fingerprint density at radius 1 is 1.23 bits per heavy atom. The van der Waals surface area contributed by atoms with Crippen LogP contribution in [-0.2, 0) is 16.6 Å². The van der Waals surface area contributed by atoms with E-state index in [2.05, 4.69) is 16.4 Å². The number of carbonyl (C=O) groups is 1. The Bertz CT molecular complexity index is 1060. The molecule has 0 bridgehead atoms. The van der Waals surface area contributed by atoms with E-state index in [-0.39, 0.29) is 16.4 Å². The highest BCUT2D eigenvalue weighted by atomic mass is 32.2. The zero-order valence-corrected chi connectivity index (χ0v) is 18.5. The summed E-state index contributed by atoms with van der Waals surface area (Å²) in [6.07, 6.45) is 5.33. The third-order valence-electron chi connectivity index (χ3n) is 4.92. The number of sulfonamides is 1. The van der Waals surface area contributed by atoms with Crippen LogP contribution in [0.2, 0.25) is 0 Å². The molecule has 31 heavy (non-hydrogen) atoms. The molecule has 1 aromatic carbocycles. The summed E-state index contributed by atoms with van der Waals surface area (Å²) < 4.78 is 26.7. The van der Waals surface area contributed by atoms with Gasteiger partial charge in [-0.1, -0.05) is 6.07 Å². The van der Waals surface area contributed by atoms with Gasteiger partial charge in [0.2, 0.25) is 10.0 Å². The molecule has 10 heteroatoms. The standard InChI is InChI=1S/C21H23N5O3S2/c22-10-4-12-25(16-17-5-3-11-23-15-17)21(30)24-20(27)18-6-8-19(9-7-18)31(28,29)26-13-1-2-14-26/h3,5-9,11,15H,1-2,4,12-14,16H2,(H,24,27,30). The molecule has 1 N–H and O–H groups in total. The van der Waals surface area contributed by atoms with Crippen LogP contribution < -0.4 is 5.32 Å². The predicted octanol–water partition coefficient (Wildman–Crippen LogP) is 2.30. The van der Waals surface area contributed by atoms with E-state index in [1.54, 1.807) is 23.4 Å². The van der Waals surface area contributed by atoms with E-state index in [0.29, 0.717) is 31.7 Å². The first-order chi connectivity index (χ1) is 14.9. The first-order valence-corrected chi connectivity index (χ1v) is 11.7. The number of hydrogen-bond donors (Lipinski definition) is 1. The summed E-state index contributed by atoms with van der Waals surface area (Å²) in [6.45, 7) is 1.81. The van der Waals surface area contributed by atoms with Gasteiger partial charge in [-0.3, -0.25) is 15.1 Å². The molecule has 1 aromatic heterocycles. The normalized spacial score (nSPS) is 14.0. The van der Waals surface area contributed by atoms with E-state index >= 15 is 0 Å². The number of nitrogens with zero attached hydrogens (tertiary/aromatic N) is 4. The smallest absolute Gasteiger partial charge is 0.257 e. The Morgan fingerprint density at radius 3 is 2.55 bits per heavy atom. The maximum absolute atomic E-state index is 12.6. The van der Waals surface area contributed by atoms with Crippen LogP contribution in [0.1, 0.15) is 35.2 Å². The molecule has 0 unspecified atom stereocenters. The lowest BCUT2D eigenvalue weighted by molar-refractivity contribution is 0.0973. The Morgan fingerprint density at radius 2 is 1.94 bits per heavy atom. The average molecular weight is 458 g/mol. The van der Waals surface area contributed by atoms with Crippen molar-refractivity contribution >= 4 is 33.3 Å². The first-order valence-electron chi connectivity index (χ1n) is 9.88. The van der Waals surface area contributed by atoms with Gasteiger partial charge in [-0.25, -0.2) is 8.42 Å².